The van der Waals surface area contributed by atoms with Crippen molar-refractivity contribution >= 4 is 38.9 Å². The fourth-order valence-electron chi connectivity index (χ4n) is 5.95. The zero-order valence-corrected chi connectivity index (χ0v) is 23.6. The molecule has 1 atom stereocenters. The van der Waals surface area contributed by atoms with E-state index in [-0.39, 0.29) is 12.0 Å². The summed E-state index contributed by atoms with van der Waals surface area (Å²) in [5.74, 6) is 1.25. The molecule has 2 saturated heterocycles. The summed E-state index contributed by atoms with van der Waals surface area (Å²) in [7, 11) is -3.70. The number of pyridine rings is 1. The molecule has 3 aliphatic heterocycles. The van der Waals surface area contributed by atoms with E-state index >= 15 is 0 Å². The first-order valence-corrected chi connectivity index (χ1v) is 15.7. The van der Waals surface area contributed by atoms with E-state index in [9.17, 15) is 13.2 Å². The van der Waals surface area contributed by atoms with Crippen LogP contribution in [0, 0.1) is 5.41 Å². The first kappa shape index (κ1) is 27.1. The van der Waals surface area contributed by atoms with Crippen LogP contribution < -0.4 is 24.6 Å². The number of rotatable bonds is 8. The van der Waals surface area contributed by atoms with Gasteiger partial charge in [0, 0.05) is 38.2 Å². The summed E-state index contributed by atoms with van der Waals surface area (Å²) >= 11 is 0. The predicted molar refractivity (Wildman–Crippen MR) is 153 cm³/mol. The first-order chi connectivity index (χ1) is 19.2. The molecule has 0 bridgehead atoms. The summed E-state index contributed by atoms with van der Waals surface area (Å²) in [6.45, 7) is 5.73. The van der Waals surface area contributed by atoms with Gasteiger partial charge in [-0.2, -0.15) is 0 Å². The molecule has 2 aromatic rings. The summed E-state index contributed by atoms with van der Waals surface area (Å²) in [5, 5.41) is 12.1. The minimum absolute atomic E-state index is 0.0704. The smallest absolute Gasteiger partial charge is 0.258 e. The second kappa shape index (κ2) is 10.7. The minimum atomic E-state index is -3.70. The Morgan fingerprint density at radius 2 is 1.93 bits per heavy atom. The second-order valence-corrected chi connectivity index (χ2v) is 13.2. The van der Waals surface area contributed by atoms with E-state index in [1.165, 1.54) is 12.8 Å². The number of benzene rings is 1. The van der Waals surface area contributed by atoms with Crippen LogP contribution in [-0.2, 0) is 21.2 Å². The Kier molecular flexibility index (Phi) is 7.26. The molecule has 1 aromatic heterocycles. The quantitative estimate of drug-likeness (QED) is 0.437. The summed E-state index contributed by atoms with van der Waals surface area (Å²) in [6, 6.07) is 6.84. The number of piperidine rings is 1. The molecular weight excluding hydrogens is 534 g/mol. The Hall–Kier alpha value is -3.09. The molecule has 11 nitrogen and oxygen atoms in total. The maximum Gasteiger partial charge on any atom is 0.258 e. The molecule has 3 N–H and O–H groups in total. The van der Waals surface area contributed by atoms with E-state index in [1.54, 1.807) is 18.2 Å². The van der Waals surface area contributed by atoms with Gasteiger partial charge in [0.05, 0.1) is 48.6 Å². The Bertz CT molecular complexity index is 1390. The summed E-state index contributed by atoms with van der Waals surface area (Å²) in [4.78, 5) is 22.9. The fourth-order valence-corrected chi connectivity index (χ4v) is 6.78. The molecule has 1 aromatic carbocycles. The molecule has 4 aliphatic rings. The number of nitrogens with zero attached hydrogens (tertiary/aromatic N) is 3. The van der Waals surface area contributed by atoms with Crippen molar-refractivity contribution in [3.63, 3.8) is 0 Å². The van der Waals surface area contributed by atoms with E-state index in [4.69, 9.17) is 19.6 Å². The molecular formula is C28H37N5O6S. The van der Waals surface area contributed by atoms with Crippen LogP contribution in [0.3, 0.4) is 0 Å². The molecule has 0 radical (unpaired) electrons. The number of hydrogen-bond donors (Lipinski definition) is 3. The molecule has 3 fully saturated rings. The lowest BCUT2D eigenvalue weighted by molar-refractivity contribution is 0.0527. The van der Waals surface area contributed by atoms with Gasteiger partial charge >= 0.3 is 0 Å². The third-order valence-corrected chi connectivity index (χ3v) is 9.70. The number of amides is 1. The van der Waals surface area contributed by atoms with Crippen molar-refractivity contribution in [2.45, 2.75) is 45.1 Å². The van der Waals surface area contributed by atoms with Crippen LogP contribution in [0.2, 0.25) is 0 Å². The van der Waals surface area contributed by atoms with Gasteiger partial charge in [0.2, 0.25) is 10.0 Å². The number of aliphatic hydroxyl groups excluding tert-OH is 1. The fraction of sp³-hybridized carbons (Fsp3) is 0.571. The van der Waals surface area contributed by atoms with Gasteiger partial charge in [-0.3, -0.25) is 9.52 Å². The van der Waals surface area contributed by atoms with Gasteiger partial charge in [-0.05, 0) is 62.3 Å². The second-order valence-electron chi connectivity index (χ2n) is 11.4. The summed E-state index contributed by atoms with van der Waals surface area (Å²) in [5.41, 5.74) is 2.96. The van der Waals surface area contributed by atoms with Crippen LogP contribution >= 0.6 is 0 Å². The predicted octanol–water partition coefficient (Wildman–Crippen LogP) is 2.61. The number of fused-ring (bicyclic) bond motifs is 1. The normalized spacial score (nSPS) is 21.6. The average molecular weight is 572 g/mol. The van der Waals surface area contributed by atoms with Crippen molar-refractivity contribution in [3.8, 4) is 5.75 Å². The Morgan fingerprint density at radius 3 is 2.65 bits per heavy atom. The minimum Gasteiger partial charge on any atom is -0.489 e. The zero-order valence-electron chi connectivity index (χ0n) is 22.8. The summed E-state index contributed by atoms with van der Waals surface area (Å²) < 4.78 is 38.8. The number of carbonyl (C=O) groups is 1. The van der Waals surface area contributed by atoms with E-state index in [2.05, 4.69) is 19.8 Å². The first-order valence-electron chi connectivity index (χ1n) is 14.1. The SMILES string of the molecule is C[C@@H]1CN(c2nc(NC(=O)c3ccc(NS(=O)(=O)CCO)cc3N3CCC4(CC3)CC4)cc3c2OCC3)CCO1. The topological polar surface area (TPSA) is 133 Å². The number of ether oxygens (including phenoxy) is 2. The molecule has 1 spiro atoms. The van der Waals surface area contributed by atoms with Crippen molar-refractivity contribution in [1.82, 2.24) is 4.98 Å². The van der Waals surface area contributed by atoms with Gasteiger partial charge in [0.1, 0.15) is 5.82 Å². The highest BCUT2D eigenvalue weighted by molar-refractivity contribution is 7.92. The van der Waals surface area contributed by atoms with Crippen molar-refractivity contribution in [2.75, 3.05) is 71.6 Å². The molecule has 1 saturated carbocycles. The van der Waals surface area contributed by atoms with E-state index in [0.717, 1.165) is 49.5 Å². The lowest BCUT2D eigenvalue weighted by Crippen LogP contribution is -2.41. The lowest BCUT2D eigenvalue weighted by Gasteiger charge is -2.35. The van der Waals surface area contributed by atoms with Crippen molar-refractivity contribution in [3.05, 3.63) is 35.4 Å². The van der Waals surface area contributed by atoms with E-state index < -0.39 is 22.4 Å². The van der Waals surface area contributed by atoms with Crippen molar-refractivity contribution in [1.29, 1.82) is 0 Å². The van der Waals surface area contributed by atoms with Crippen LogP contribution in [-0.4, -0.2) is 82.3 Å². The number of anilines is 4. The molecule has 1 amide bonds. The number of morpholine rings is 1. The van der Waals surface area contributed by atoms with Crippen molar-refractivity contribution in [2.24, 2.45) is 5.41 Å². The van der Waals surface area contributed by atoms with Gasteiger partial charge in [0.15, 0.2) is 11.6 Å². The molecule has 4 heterocycles. The number of aromatic nitrogens is 1. The zero-order chi connectivity index (χ0) is 27.9. The Balaban J connectivity index is 1.29. The number of carbonyl (C=O) groups excluding carboxylic acids is 1. The lowest BCUT2D eigenvalue weighted by atomic mass is 9.93. The molecule has 1 aliphatic carbocycles. The van der Waals surface area contributed by atoms with Crippen LogP contribution in [0.5, 0.6) is 5.75 Å². The van der Waals surface area contributed by atoms with Gasteiger partial charge < -0.3 is 29.7 Å². The van der Waals surface area contributed by atoms with Gasteiger partial charge in [-0.25, -0.2) is 13.4 Å². The average Bonchev–Trinajstić information content (AvgIpc) is 3.50. The van der Waals surface area contributed by atoms with Crippen LogP contribution in [0.1, 0.15) is 48.5 Å². The Labute approximate surface area is 234 Å². The third kappa shape index (κ3) is 5.70. The van der Waals surface area contributed by atoms with Crippen LogP contribution in [0.4, 0.5) is 23.0 Å². The number of sulfonamides is 1. The van der Waals surface area contributed by atoms with E-state index in [0.29, 0.717) is 54.5 Å². The van der Waals surface area contributed by atoms with Crippen molar-refractivity contribution < 1.29 is 27.8 Å². The maximum atomic E-state index is 13.7. The van der Waals surface area contributed by atoms with Gasteiger partial charge in [0.25, 0.3) is 5.91 Å². The van der Waals surface area contributed by atoms with Crippen LogP contribution in [0.25, 0.3) is 0 Å². The van der Waals surface area contributed by atoms with Crippen LogP contribution in [0.15, 0.2) is 24.3 Å². The Morgan fingerprint density at radius 1 is 1.12 bits per heavy atom. The molecule has 40 heavy (non-hydrogen) atoms. The van der Waals surface area contributed by atoms with Gasteiger partial charge in [-0.15, -0.1) is 0 Å². The monoisotopic (exact) mass is 571 g/mol. The highest BCUT2D eigenvalue weighted by Gasteiger charge is 2.44. The number of aliphatic hydroxyl groups is 1. The third-order valence-electron chi connectivity index (χ3n) is 8.43. The highest BCUT2D eigenvalue weighted by Crippen LogP contribution is 2.54. The largest absolute Gasteiger partial charge is 0.489 e. The number of nitrogens with one attached hydrogen (secondary N) is 2. The van der Waals surface area contributed by atoms with E-state index in [1.807, 2.05) is 13.0 Å². The number of hydrogen-bond acceptors (Lipinski definition) is 9. The molecule has 12 heteroatoms. The highest BCUT2D eigenvalue weighted by atomic mass is 32.2. The molecule has 216 valence electrons. The molecule has 6 rings (SSSR count). The maximum absolute atomic E-state index is 13.7. The molecule has 0 unspecified atom stereocenters. The van der Waals surface area contributed by atoms with Gasteiger partial charge in [-0.1, -0.05) is 0 Å². The summed E-state index contributed by atoms with van der Waals surface area (Å²) in [6.07, 6.45) is 5.45. The standard InChI is InChI=1S/C28H37N5O6S/c1-19-18-33(11-14-38-19)26-25-20(4-13-39-25)16-24(29-26)30-27(35)22-3-2-21(31-40(36,37)15-12-34)17-23(22)32-9-7-28(5-6-28)8-10-32/h2-3,16-17,19,31,34H,4-15,18H2,1H3,(H,29,30,35)/t19-/m1/s1.